The maximum atomic E-state index is 12.2. The lowest BCUT2D eigenvalue weighted by Crippen LogP contribution is -2.41. The van der Waals surface area contributed by atoms with Gasteiger partial charge in [-0.1, -0.05) is 18.2 Å². The van der Waals surface area contributed by atoms with Crippen LogP contribution in [0.5, 0.6) is 5.75 Å². The maximum Gasteiger partial charge on any atom is 0.248 e. The van der Waals surface area contributed by atoms with Gasteiger partial charge in [0.1, 0.15) is 18.1 Å². The van der Waals surface area contributed by atoms with Crippen molar-refractivity contribution in [1.29, 1.82) is 0 Å². The third-order valence-corrected chi connectivity index (χ3v) is 4.68. The van der Waals surface area contributed by atoms with Crippen LogP contribution in [-0.2, 0) is 16.0 Å². The van der Waals surface area contributed by atoms with Crippen LogP contribution in [0.25, 0.3) is 0 Å². The summed E-state index contributed by atoms with van der Waals surface area (Å²) < 4.78 is 16.6. The second kappa shape index (κ2) is 8.85. The molecule has 3 rings (SSSR count). The molecular weight excluding hydrogens is 332 g/mol. The molecule has 0 unspecified atom stereocenters. The Bertz CT molecular complexity index is 728. The Balaban J connectivity index is 1.64. The molecule has 0 saturated carbocycles. The quantitative estimate of drug-likeness (QED) is 0.761. The van der Waals surface area contributed by atoms with Gasteiger partial charge in [-0.15, -0.1) is 0 Å². The van der Waals surface area contributed by atoms with Gasteiger partial charge in [0.2, 0.25) is 5.91 Å². The fraction of sp³-hybridized carbons (Fsp3) is 0.500. The lowest BCUT2D eigenvalue weighted by molar-refractivity contribution is -0.137. The standard InChI is InChI=1S/C20H26N2O4/c1-3-25-14-19(23)22-10-6-8-16(13-22)20-21-12-17(26-20)11-15-7-4-5-9-18(15)24-2/h4-5,7,9,12,16H,3,6,8,10-11,13-14H2,1-2H3/t16-/m1/s1. The van der Waals surface area contributed by atoms with Gasteiger partial charge in [-0.2, -0.15) is 0 Å². The van der Waals surface area contributed by atoms with Gasteiger partial charge in [-0.25, -0.2) is 4.98 Å². The predicted molar refractivity (Wildman–Crippen MR) is 97.4 cm³/mol. The SMILES string of the molecule is CCOCC(=O)N1CCC[C@@H](c2ncc(Cc3ccccc3OC)o2)C1. The third kappa shape index (κ3) is 4.43. The summed E-state index contributed by atoms with van der Waals surface area (Å²) in [7, 11) is 1.67. The Labute approximate surface area is 154 Å². The highest BCUT2D eigenvalue weighted by molar-refractivity contribution is 5.77. The van der Waals surface area contributed by atoms with Crippen LogP contribution in [0.15, 0.2) is 34.9 Å². The van der Waals surface area contributed by atoms with Crippen molar-refractivity contribution in [2.24, 2.45) is 0 Å². The molecule has 0 N–H and O–H groups in total. The van der Waals surface area contributed by atoms with Gasteiger partial charge in [-0.05, 0) is 25.8 Å². The zero-order valence-corrected chi connectivity index (χ0v) is 15.4. The summed E-state index contributed by atoms with van der Waals surface area (Å²) in [5, 5.41) is 0. The number of benzene rings is 1. The number of carbonyl (C=O) groups excluding carboxylic acids is 1. The summed E-state index contributed by atoms with van der Waals surface area (Å²) in [4.78, 5) is 18.5. The highest BCUT2D eigenvalue weighted by Crippen LogP contribution is 2.28. The number of aromatic nitrogens is 1. The molecule has 0 radical (unpaired) electrons. The van der Waals surface area contributed by atoms with Gasteiger partial charge in [0, 0.05) is 31.7 Å². The number of oxazole rings is 1. The molecule has 2 heterocycles. The van der Waals surface area contributed by atoms with Crippen molar-refractivity contribution in [2.45, 2.75) is 32.1 Å². The minimum absolute atomic E-state index is 0.0392. The summed E-state index contributed by atoms with van der Waals surface area (Å²) in [6, 6.07) is 7.90. The Morgan fingerprint density at radius 1 is 1.38 bits per heavy atom. The highest BCUT2D eigenvalue weighted by Gasteiger charge is 2.27. The molecule has 0 aliphatic carbocycles. The number of likely N-dealkylation sites (tertiary alicyclic amines) is 1. The number of methoxy groups -OCH3 is 1. The van der Waals surface area contributed by atoms with Gasteiger partial charge in [0.15, 0.2) is 5.89 Å². The van der Waals surface area contributed by atoms with Crippen LogP contribution in [0.2, 0.25) is 0 Å². The molecular formula is C20H26N2O4. The number of rotatable bonds is 7. The van der Waals surface area contributed by atoms with Crippen LogP contribution in [0.1, 0.15) is 42.9 Å². The minimum Gasteiger partial charge on any atom is -0.496 e. The number of nitrogens with zero attached hydrogens (tertiary/aromatic N) is 2. The van der Waals surface area contributed by atoms with Gasteiger partial charge >= 0.3 is 0 Å². The predicted octanol–water partition coefficient (Wildman–Crippen LogP) is 3.02. The van der Waals surface area contributed by atoms with Gasteiger partial charge < -0.3 is 18.8 Å². The summed E-state index contributed by atoms with van der Waals surface area (Å²) >= 11 is 0. The first-order valence-corrected chi connectivity index (χ1v) is 9.13. The zero-order chi connectivity index (χ0) is 18.4. The molecule has 6 heteroatoms. The molecule has 1 amide bonds. The van der Waals surface area contributed by atoms with E-state index in [0.717, 1.165) is 36.5 Å². The topological polar surface area (TPSA) is 64.8 Å². The van der Waals surface area contributed by atoms with Crippen molar-refractivity contribution in [2.75, 3.05) is 33.4 Å². The van der Waals surface area contributed by atoms with E-state index in [1.54, 1.807) is 13.3 Å². The number of hydrogen-bond acceptors (Lipinski definition) is 5. The number of piperidine rings is 1. The lowest BCUT2D eigenvalue weighted by Gasteiger charge is -2.31. The van der Waals surface area contributed by atoms with Crippen LogP contribution in [0.4, 0.5) is 0 Å². The van der Waals surface area contributed by atoms with Crippen LogP contribution in [0, 0.1) is 0 Å². The van der Waals surface area contributed by atoms with Crippen molar-refractivity contribution in [3.63, 3.8) is 0 Å². The highest BCUT2D eigenvalue weighted by atomic mass is 16.5. The summed E-state index contributed by atoms with van der Waals surface area (Å²) in [6.07, 6.45) is 4.35. The lowest BCUT2D eigenvalue weighted by atomic mass is 9.98. The molecule has 26 heavy (non-hydrogen) atoms. The molecule has 1 atom stereocenters. The van der Waals surface area contributed by atoms with Gasteiger partial charge in [0.05, 0.1) is 19.2 Å². The molecule has 140 valence electrons. The smallest absolute Gasteiger partial charge is 0.248 e. The Morgan fingerprint density at radius 2 is 2.23 bits per heavy atom. The second-order valence-corrected chi connectivity index (χ2v) is 6.47. The molecule has 1 aromatic carbocycles. The van der Waals surface area contributed by atoms with Gasteiger partial charge in [0.25, 0.3) is 0 Å². The van der Waals surface area contributed by atoms with Gasteiger partial charge in [-0.3, -0.25) is 4.79 Å². The average molecular weight is 358 g/mol. The average Bonchev–Trinajstić information content (AvgIpc) is 3.15. The van der Waals surface area contributed by atoms with Crippen molar-refractivity contribution >= 4 is 5.91 Å². The first kappa shape index (κ1) is 18.5. The number of carbonyl (C=O) groups is 1. The fourth-order valence-corrected chi connectivity index (χ4v) is 3.32. The molecule has 6 nitrogen and oxygen atoms in total. The van der Waals surface area contributed by atoms with Crippen molar-refractivity contribution in [3.8, 4) is 5.75 Å². The Hall–Kier alpha value is -2.34. The molecule has 1 aliphatic rings. The van der Waals surface area contributed by atoms with E-state index in [-0.39, 0.29) is 18.4 Å². The number of para-hydroxylation sites is 1. The number of ether oxygens (including phenoxy) is 2. The fourth-order valence-electron chi connectivity index (χ4n) is 3.32. The van der Waals surface area contributed by atoms with Crippen LogP contribution < -0.4 is 4.74 Å². The van der Waals surface area contributed by atoms with Crippen molar-refractivity contribution in [3.05, 3.63) is 47.7 Å². The van der Waals surface area contributed by atoms with E-state index in [9.17, 15) is 4.79 Å². The van der Waals surface area contributed by atoms with E-state index in [0.29, 0.717) is 25.5 Å². The van der Waals surface area contributed by atoms with Crippen molar-refractivity contribution in [1.82, 2.24) is 9.88 Å². The molecule has 1 saturated heterocycles. The largest absolute Gasteiger partial charge is 0.496 e. The monoisotopic (exact) mass is 358 g/mol. The summed E-state index contributed by atoms with van der Waals surface area (Å²) in [5.74, 6) is 2.54. The third-order valence-electron chi connectivity index (χ3n) is 4.68. The molecule has 0 spiro atoms. The molecule has 1 fully saturated rings. The minimum atomic E-state index is 0.0392. The Morgan fingerprint density at radius 3 is 3.04 bits per heavy atom. The first-order chi connectivity index (χ1) is 12.7. The maximum absolute atomic E-state index is 12.2. The molecule has 2 aromatic rings. The van der Waals surface area contributed by atoms with E-state index in [4.69, 9.17) is 13.9 Å². The van der Waals surface area contributed by atoms with E-state index < -0.39 is 0 Å². The second-order valence-electron chi connectivity index (χ2n) is 6.47. The van der Waals surface area contributed by atoms with Crippen molar-refractivity contribution < 1.29 is 18.7 Å². The number of hydrogen-bond donors (Lipinski definition) is 0. The van der Waals surface area contributed by atoms with Crippen LogP contribution >= 0.6 is 0 Å². The van der Waals surface area contributed by atoms with Crippen LogP contribution in [-0.4, -0.2) is 49.2 Å². The molecule has 1 aromatic heterocycles. The van der Waals surface area contributed by atoms with E-state index in [2.05, 4.69) is 4.98 Å². The summed E-state index contributed by atoms with van der Waals surface area (Å²) in [6.45, 7) is 4.00. The molecule has 1 aliphatic heterocycles. The number of amides is 1. The van der Waals surface area contributed by atoms with Crippen LogP contribution in [0.3, 0.4) is 0 Å². The van der Waals surface area contributed by atoms with E-state index >= 15 is 0 Å². The normalized spacial score (nSPS) is 17.3. The zero-order valence-electron chi connectivity index (χ0n) is 15.4. The van der Waals surface area contributed by atoms with E-state index in [1.165, 1.54) is 0 Å². The van der Waals surface area contributed by atoms with E-state index in [1.807, 2.05) is 36.1 Å². The summed E-state index contributed by atoms with van der Waals surface area (Å²) in [5.41, 5.74) is 1.06. The Kier molecular flexibility index (Phi) is 6.28. The molecule has 0 bridgehead atoms. The first-order valence-electron chi connectivity index (χ1n) is 9.13.